The molecule has 0 amide bonds. The molecule has 0 aliphatic heterocycles. The summed E-state index contributed by atoms with van der Waals surface area (Å²) in [5, 5.41) is 0. The van der Waals surface area contributed by atoms with Crippen molar-refractivity contribution in [2.24, 2.45) is 0 Å². The highest BCUT2D eigenvalue weighted by atomic mass is 79.9. The minimum Gasteiger partial charge on any atom is -1.00 e. The molecule has 0 saturated heterocycles. The zero-order valence-electron chi connectivity index (χ0n) is 18.0. The Morgan fingerprint density at radius 3 is 1.64 bits per heavy atom. The lowest BCUT2D eigenvalue weighted by atomic mass is 10.1. The predicted molar refractivity (Wildman–Crippen MR) is 109 cm³/mol. The van der Waals surface area contributed by atoms with Crippen LogP contribution in [-0.2, 0) is 8.85 Å². The first-order valence-corrected chi connectivity index (χ1v) is 12.0. The summed E-state index contributed by atoms with van der Waals surface area (Å²) in [6.07, 6.45) is 15.4. The Morgan fingerprint density at radius 2 is 1.20 bits per heavy atom. The van der Waals surface area contributed by atoms with Crippen molar-refractivity contribution in [3.05, 3.63) is 0 Å². The van der Waals surface area contributed by atoms with Crippen LogP contribution in [0.1, 0.15) is 84.5 Å². The summed E-state index contributed by atoms with van der Waals surface area (Å²) < 4.78 is 12.1. The van der Waals surface area contributed by atoms with Crippen LogP contribution in [-0.4, -0.2) is 55.2 Å². The average Bonchev–Trinajstić information content (AvgIpc) is 2.56. The highest BCUT2D eigenvalue weighted by Crippen LogP contribution is 2.18. The van der Waals surface area contributed by atoms with Gasteiger partial charge in [0.25, 0.3) is 0 Å². The van der Waals surface area contributed by atoms with Crippen molar-refractivity contribution in [1.82, 2.24) is 0 Å². The fraction of sp³-hybridized carbons (Fsp3) is 1.00. The van der Waals surface area contributed by atoms with Gasteiger partial charge in [-0.25, -0.2) is 0 Å². The molecule has 0 aromatic carbocycles. The Balaban J connectivity index is 0. The van der Waals surface area contributed by atoms with Gasteiger partial charge in [0.05, 0.1) is 27.2 Å². The van der Waals surface area contributed by atoms with E-state index in [1.165, 1.54) is 83.7 Å². The van der Waals surface area contributed by atoms with Crippen LogP contribution in [0.15, 0.2) is 0 Å². The molecule has 0 N–H and O–H groups in total. The molecular formula is C20H46BrNO2Si. The fourth-order valence-corrected chi connectivity index (χ4v) is 4.93. The minimum atomic E-state index is -1.44. The lowest BCUT2D eigenvalue weighted by molar-refractivity contribution is -0.890. The molecule has 5 heteroatoms. The Kier molecular flexibility index (Phi) is 20.0. The summed E-state index contributed by atoms with van der Waals surface area (Å²) >= 11 is 0. The molecule has 0 bridgehead atoms. The van der Waals surface area contributed by atoms with Crippen molar-refractivity contribution in [3.8, 4) is 0 Å². The van der Waals surface area contributed by atoms with Gasteiger partial charge in [-0.05, 0) is 12.8 Å². The highest BCUT2D eigenvalue weighted by Gasteiger charge is 2.23. The molecule has 0 aliphatic rings. The Hall–Kier alpha value is 0.577. The third-order valence-corrected chi connectivity index (χ3v) is 7.43. The molecule has 0 aromatic rings. The van der Waals surface area contributed by atoms with E-state index in [1.54, 1.807) is 14.2 Å². The molecule has 0 spiro atoms. The maximum atomic E-state index is 5.50. The molecule has 25 heavy (non-hydrogen) atoms. The maximum absolute atomic E-state index is 5.50. The molecule has 3 nitrogen and oxygen atoms in total. The van der Waals surface area contributed by atoms with Gasteiger partial charge in [-0.2, -0.15) is 0 Å². The number of hydrogen-bond donors (Lipinski definition) is 0. The molecule has 0 radical (unpaired) electrons. The molecule has 1 unspecified atom stereocenters. The highest BCUT2D eigenvalue weighted by molar-refractivity contribution is 6.46. The van der Waals surface area contributed by atoms with E-state index < -0.39 is 9.28 Å². The SMILES string of the molecule is CCCCCCCCCCCC[N+](C)(C)CCC(C)[SiH](OC)OC.[Br-]. The van der Waals surface area contributed by atoms with Gasteiger partial charge in [0.15, 0.2) is 0 Å². The largest absolute Gasteiger partial charge is 1.00 e. The fourth-order valence-electron chi connectivity index (χ4n) is 3.39. The third kappa shape index (κ3) is 16.5. The molecule has 0 heterocycles. The van der Waals surface area contributed by atoms with E-state index in [2.05, 4.69) is 27.9 Å². The topological polar surface area (TPSA) is 18.5 Å². The summed E-state index contributed by atoms with van der Waals surface area (Å²) in [4.78, 5) is 0. The maximum Gasteiger partial charge on any atom is 0.324 e. The van der Waals surface area contributed by atoms with E-state index in [0.29, 0.717) is 5.54 Å². The van der Waals surface area contributed by atoms with Crippen molar-refractivity contribution in [1.29, 1.82) is 0 Å². The molecule has 0 rings (SSSR count). The van der Waals surface area contributed by atoms with Gasteiger partial charge in [-0.1, -0.05) is 65.2 Å². The number of unbranched alkanes of at least 4 members (excludes halogenated alkanes) is 9. The van der Waals surface area contributed by atoms with Crippen molar-refractivity contribution < 1.29 is 30.3 Å². The van der Waals surface area contributed by atoms with Gasteiger partial charge in [0.2, 0.25) is 0 Å². The van der Waals surface area contributed by atoms with Crippen LogP contribution in [0.2, 0.25) is 5.54 Å². The van der Waals surface area contributed by atoms with Crippen LogP contribution in [0, 0.1) is 0 Å². The molecule has 1 atom stereocenters. The van der Waals surface area contributed by atoms with Gasteiger partial charge < -0.3 is 30.3 Å². The van der Waals surface area contributed by atoms with Crippen molar-refractivity contribution in [3.63, 3.8) is 0 Å². The Morgan fingerprint density at radius 1 is 0.760 bits per heavy atom. The molecular weight excluding hydrogens is 394 g/mol. The van der Waals surface area contributed by atoms with Gasteiger partial charge >= 0.3 is 9.28 Å². The Bertz CT molecular complexity index is 276. The van der Waals surface area contributed by atoms with Gasteiger partial charge in [0, 0.05) is 26.2 Å². The quantitative estimate of drug-likeness (QED) is 0.196. The van der Waals surface area contributed by atoms with E-state index >= 15 is 0 Å². The molecule has 0 saturated carbocycles. The first-order chi connectivity index (χ1) is 11.5. The van der Waals surface area contributed by atoms with Gasteiger partial charge in [0.1, 0.15) is 0 Å². The number of nitrogens with zero attached hydrogens (tertiary/aromatic N) is 1. The number of quaternary nitrogens is 1. The molecule has 0 fully saturated rings. The Labute approximate surface area is 171 Å². The predicted octanol–water partition coefficient (Wildman–Crippen LogP) is 2.28. The zero-order valence-corrected chi connectivity index (χ0v) is 20.7. The van der Waals surface area contributed by atoms with E-state index in [9.17, 15) is 0 Å². The summed E-state index contributed by atoms with van der Waals surface area (Å²) in [6.45, 7) is 7.10. The lowest BCUT2D eigenvalue weighted by Gasteiger charge is -2.31. The summed E-state index contributed by atoms with van der Waals surface area (Å²) in [5.41, 5.74) is 0.588. The normalized spacial score (nSPS) is 13.1. The smallest absolute Gasteiger partial charge is 0.324 e. The van der Waals surface area contributed by atoms with Gasteiger partial charge in [-0.15, -0.1) is 0 Å². The van der Waals surface area contributed by atoms with Crippen LogP contribution in [0.25, 0.3) is 0 Å². The third-order valence-electron chi connectivity index (χ3n) is 5.24. The zero-order chi connectivity index (χ0) is 18.3. The number of rotatable bonds is 17. The second kappa shape index (κ2) is 18.0. The molecule has 0 aliphatic carbocycles. The first kappa shape index (κ1) is 27.8. The van der Waals surface area contributed by atoms with Crippen LogP contribution in [0.5, 0.6) is 0 Å². The van der Waals surface area contributed by atoms with Crippen molar-refractivity contribution in [2.75, 3.05) is 41.4 Å². The van der Waals surface area contributed by atoms with Crippen molar-refractivity contribution >= 4 is 9.28 Å². The van der Waals surface area contributed by atoms with E-state index in [1.807, 2.05) is 0 Å². The molecule has 0 aromatic heterocycles. The number of hydrogen-bond acceptors (Lipinski definition) is 2. The van der Waals surface area contributed by atoms with Crippen LogP contribution in [0.4, 0.5) is 0 Å². The summed E-state index contributed by atoms with van der Waals surface area (Å²) in [6, 6.07) is 0. The monoisotopic (exact) mass is 439 g/mol. The summed E-state index contributed by atoms with van der Waals surface area (Å²) in [7, 11) is 6.88. The van der Waals surface area contributed by atoms with E-state index in [0.717, 1.165) is 4.48 Å². The van der Waals surface area contributed by atoms with Crippen LogP contribution >= 0.6 is 0 Å². The number of halogens is 1. The standard InChI is InChI=1S/C20H46NO2Si.BrH/c1-7-8-9-10-11-12-13-14-15-16-18-21(3,4)19-17-20(2)24(22-5)23-6;/h20,24H,7-19H2,1-6H3;1H/q+1;/p-1. The van der Waals surface area contributed by atoms with Crippen molar-refractivity contribution in [2.45, 2.75) is 90.0 Å². The van der Waals surface area contributed by atoms with Crippen LogP contribution < -0.4 is 17.0 Å². The first-order valence-electron chi connectivity index (χ1n) is 10.3. The minimum absolute atomic E-state index is 0. The van der Waals surface area contributed by atoms with E-state index in [4.69, 9.17) is 8.85 Å². The van der Waals surface area contributed by atoms with Crippen LogP contribution in [0.3, 0.4) is 0 Å². The lowest BCUT2D eigenvalue weighted by Crippen LogP contribution is -3.00. The second-order valence-electron chi connectivity index (χ2n) is 8.17. The average molecular weight is 441 g/mol. The van der Waals surface area contributed by atoms with E-state index in [-0.39, 0.29) is 17.0 Å². The summed E-state index contributed by atoms with van der Waals surface area (Å²) in [5.74, 6) is 0. The second-order valence-corrected chi connectivity index (χ2v) is 11.0. The molecule has 154 valence electrons. The van der Waals surface area contributed by atoms with Gasteiger partial charge in [-0.3, -0.25) is 0 Å².